The van der Waals surface area contributed by atoms with Gasteiger partial charge in [-0.25, -0.2) is 0 Å². The van der Waals surface area contributed by atoms with Crippen LogP contribution in [0, 0.1) is 0 Å². The van der Waals surface area contributed by atoms with Gasteiger partial charge in [-0.1, -0.05) is 0 Å². The third kappa shape index (κ3) is 1.93. The fourth-order valence-electron chi connectivity index (χ4n) is 1.24. The maximum atomic E-state index is 11.5. The van der Waals surface area contributed by atoms with Crippen LogP contribution < -0.4 is 5.73 Å². The Morgan fingerprint density at radius 2 is 2.21 bits per heavy atom. The minimum Gasteiger partial charge on any atom is -0.343 e. The fraction of sp³-hybridized carbons (Fsp3) is 0.556. The molecule has 1 aromatic heterocycles. The van der Waals surface area contributed by atoms with Gasteiger partial charge in [0.2, 0.25) is 0 Å². The molecule has 0 aromatic carbocycles. The molecule has 1 unspecified atom stereocenters. The number of aromatic nitrogens is 2. The number of carbonyl (C=O) groups excluding carboxylic acids is 1. The molecule has 1 heterocycles. The SMILES string of the molecule is CC(N)c1cc(C(=O)N(C)C)nn1C. The smallest absolute Gasteiger partial charge is 0.273 e. The average molecular weight is 196 g/mol. The van der Waals surface area contributed by atoms with Crippen molar-refractivity contribution in [3.05, 3.63) is 17.5 Å². The van der Waals surface area contributed by atoms with Crippen molar-refractivity contribution in [3.63, 3.8) is 0 Å². The van der Waals surface area contributed by atoms with E-state index in [1.165, 1.54) is 4.90 Å². The molecule has 0 saturated heterocycles. The van der Waals surface area contributed by atoms with Gasteiger partial charge in [0.25, 0.3) is 5.91 Å². The molecule has 1 atom stereocenters. The molecule has 0 aliphatic rings. The predicted molar refractivity (Wildman–Crippen MR) is 53.8 cm³/mol. The van der Waals surface area contributed by atoms with E-state index < -0.39 is 0 Å². The van der Waals surface area contributed by atoms with Crippen LogP contribution in [-0.2, 0) is 7.05 Å². The molecule has 5 heteroatoms. The summed E-state index contributed by atoms with van der Waals surface area (Å²) in [5.74, 6) is -0.104. The van der Waals surface area contributed by atoms with Crippen molar-refractivity contribution in [2.24, 2.45) is 12.8 Å². The Morgan fingerprint density at radius 3 is 2.57 bits per heavy atom. The van der Waals surface area contributed by atoms with Gasteiger partial charge in [-0.2, -0.15) is 5.10 Å². The lowest BCUT2D eigenvalue weighted by atomic mass is 10.2. The van der Waals surface area contributed by atoms with Crippen LogP contribution in [0.4, 0.5) is 0 Å². The second-order valence-electron chi connectivity index (χ2n) is 3.57. The number of nitrogens with zero attached hydrogens (tertiary/aromatic N) is 3. The molecule has 5 nitrogen and oxygen atoms in total. The quantitative estimate of drug-likeness (QED) is 0.732. The third-order valence-corrected chi connectivity index (χ3v) is 2.01. The van der Waals surface area contributed by atoms with Gasteiger partial charge in [0.05, 0.1) is 5.69 Å². The van der Waals surface area contributed by atoms with Crippen molar-refractivity contribution >= 4 is 5.91 Å². The van der Waals surface area contributed by atoms with Gasteiger partial charge in [-0.3, -0.25) is 9.48 Å². The van der Waals surface area contributed by atoms with Gasteiger partial charge < -0.3 is 10.6 Å². The second kappa shape index (κ2) is 3.79. The molecule has 0 saturated carbocycles. The van der Waals surface area contributed by atoms with Gasteiger partial charge >= 0.3 is 0 Å². The van der Waals surface area contributed by atoms with Crippen molar-refractivity contribution in [1.82, 2.24) is 14.7 Å². The van der Waals surface area contributed by atoms with Gasteiger partial charge in [-0.15, -0.1) is 0 Å². The summed E-state index contributed by atoms with van der Waals surface area (Å²) in [4.78, 5) is 13.0. The number of aryl methyl sites for hydroxylation is 1. The molecule has 1 amide bonds. The minimum absolute atomic E-state index is 0.104. The summed E-state index contributed by atoms with van der Waals surface area (Å²) in [5, 5.41) is 4.10. The zero-order valence-corrected chi connectivity index (χ0v) is 8.98. The molecule has 0 spiro atoms. The van der Waals surface area contributed by atoms with Crippen molar-refractivity contribution in [2.45, 2.75) is 13.0 Å². The molecule has 0 bridgehead atoms. The Hall–Kier alpha value is -1.36. The highest BCUT2D eigenvalue weighted by atomic mass is 16.2. The molecule has 0 fully saturated rings. The highest BCUT2D eigenvalue weighted by molar-refractivity contribution is 5.92. The first-order chi connectivity index (χ1) is 6.43. The first kappa shape index (κ1) is 10.7. The van der Waals surface area contributed by atoms with Crippen LogP contribution in [0.25, 0.3) is 0 Å². The summed E-state index contributed by atoms with van der Waals surface area (Å²) in [7, 11) is 5.18. The van der Waals surface area contributed by atoms with E-state index in [1.807, 2.05) is 6.92 Å². The second-order valence-corrected chi connectivity index (χ2v) is 3.57. The fourth-order valence-corrected chi connectivity index (χ4v) is 1.24. The van der Waals surface area contributed by atoms with E-state index in [1.54, 1.807) is 31.9 Å². The largest absolute Gasteiger partial charge is 0.343 e. The maximum Gasteiger partial charge on any atom is 0.273 e. The summed E-state index contributed by atoms with van der Waals surface area (Å²) in [6.45, 7) is 1.86. The van der Waals surface area contributed by atoms with Gasteiger partial charge in [0, 0.05) is 27.2 Å². The van der Waals surface area contributed by atoms with Crippen LogP contribution in [0.5, 0.6) is 0 Å². The standard InChI is InChI=1S/C9H16N4O/c1-6(10)8-5-7(11-13(8)4)9(14)12(2)3/h5-6H,10H2,1-4H3. The van der Waals surface area contributed by atoms with E-state index >= 15 is 0 Å². The Morgan fingerprint density at radius 1 is 1.64 bits per heavy atom. The highest BCUT2D eigenvalue weighted by Crippen LogP contribution is 2.11. The zero-order valence-electron chi connectivity index (χ0n) is 8.98. The third-order valence-electron chi connectivity index (χ3n) is 2.01. The molecular weight excluding hydrogens is 180 g/mol. The van der Waals surface area contributed by atoms with Crippen LogP contribution in [0.1, 0.15) is 29.1 Å². The lowest BCUT2D eigenvalue weighted by Gasteiger charge is -2.06. The van der Waals surface area contributed by atoms with Gasteiger partial charge in [0.15, 0.2) is 5.69 Å². The summed E-state index contributed by atoms with van der Waals surface area (Å²) < 4.78 is 1.64. The Bertz CT molecular complexity index is 341. The number of rotatable bonds is 2. The van der Waals surface area contributed by atoms with Gasteiger partial charge in [-0.05, 0) is 13.0 Å². The normalized spacial score (nSPS) is 12.6. The molecule has 0 aliphatic carbocycles. The Labute approximate surface area is 83.5 Å². The summed E-state index contributed by atoms with van der Waals surface area (Å²) in [6.07, 6.45) is 0. The van der Waals surface area contributed by atoms with E-state index in [4.69, 9.17) is 5.73 Å². The zero-order chi connectivity index (χ0) is 10.9. The first-order valence-electron chi connectivity index (χ1n) is 4.44. The predicted octanol–water partition coefficient (Wildman–Crippen LogP) is 0.142. The van der Waals surface area contributed by atoms with Crippen molar-refractivity contribution in [2.75, 3.05) is 14.1 Å². The molecular formula is C9H16N4O. The molecule has 1 rings (SSSR count). The average Bonchev–Trinajstić information content (AvgIpc) is 2.45. The number of hydrogen-bond acceptors (Lipinski definition) is 3. The Kier molecular flexibility index (Phi) is 2.90. The topological polar surface area (TPSA) is 64.2 Å². The molecule has 1 aromatic rings. The lowest BCUT2D eigenvalue weighted by Crippen LogP contribution is -2.22. The van der Waals surface area contributed by atoms with Crippen molar-refractivity contribution in [3.8, 4) is 0 Å². The van der Waals surface area contributed by atoms with Crippen LogP contribution in [0.2, 0.25) is 0 Å². The van der Waals surface area contributed by atoms with Crippen LogP contribution in [0.3, 0.4) is 0 Å². The molecule has 78 valence electrons. The van der Waals surface area contributed by atoms with E-state index in [0.717, 1.165) is 5.69 Å². The van der Waals surface area contributed by atoms with Crippen LogP contribution in [-0.4, -0.2) is 34.7 Å². The minimum atomic E-state index is -0.115. The van der Waals surface area contributed by atoms with Crippen LogP contribution >= 0.6 is 0 Å². The summed E-state index contributed by atoms with van der Waals surface area (Å²) in [6, 6.07) is 1.61. The van der Waals surface area contributed by atoms with E-state index in [-0.39, 0.29) is 11.9 Å². The summed E-state index contributed by atoms with van der Waals surface area (Å²) >= 11 is 0. The van der Waals surface area contributed by atoms with E-state index in [2.05, 4.69) is 5.10 Å². The molecule has 0 radical (unpaired) electrons. The molecule has 14 heavy (non-hydrogen) atoms. The molecule has 0 aliphatic heterocycles. The lowest BCUT2D eigenvalue weighted by molar-refractivity contribution is 0.0821. The van der Waals surface area contributed by atoms with Gasteiger partial charge in [0.1, 0.15) is 0 Å². The monoisotopic (exact) mass is 196 g/mol. The number of amides is 1. The van der Waals surface area contributed by atoms with E-state index in [0.29, 0.717) is 5.69 Å². The van der Waals surface area contributed by atoms with E-state index in [9.17, 15) is 4.79 Å². The highest BCUT2D eigenvalue weighted by Gasteiger charge is 2.15. The van der Waals surface area contributed by atoms with Crippen LogP contribution in [0.15, 0.2) is 6.07 Å². The first-order valence-corrected chi connectivity index (χ1v) is 4.44. The number of nitrogens with two attached hydrogens (primary N) is 1. The van der Waals surface area contributed by atoms with Crippen molar-refractivity contribution in [1.29, 1.82) is 0 Å². The summed E-state index contributed by atoms with van der Waals surface area (Å²) in [5.41, 5.74) is 7.01. The number of hydrogen-bond donors (Lipinski definition) is 1. The Balaban J connectivity index is 3.02. The molecule has 2 N–H and O–H groups in total. The van der Waals surface area contributed by atoms with Crippen molar-refractivity contribution < 1.29 is 4.79 Å². The maximum absolute atomic E-state index is 11.5. The number of carbonyl (C=O) groups is 1.